The highest BCUT2D eigenvalue weighted by molar-refractivity contribution is 5.85. The third-order valence-corrected chi connectivity index (χ3v) is 5.92. The molecule has 156 valence electrons. The van der Waals surface area contributed by atoms with Crippen LogP contribution < -0.4 is 5.32 Å². The molecule has 0 aliphatic heterocycles. The van der Waals surface area contributed by atoms with Gasteiger partial charge in [0.1, 0.15) is 5.82 Å². The van der Waals surface area contributed by atoms with E-state index in [9.17, 15) is 4.39 Å². The number of hydrogen-bond donors (Lipinski definition) is 2. The fraction of sp³-hybridized carbons (Fsp3) is 0.167. The number of nitrogens with one attached hydrogen (secondary N) is 2. The minimum Gasteiger partial charge on any atom is -0.358 e. The van der Waals surface area contributed by atoms with Gasteiger partial charge in [0.15, 0.2) is 11.5 Å². The van der Waals surface area contributed by atoms with Crippen molar-refractivity contribution in [1.82, 2.24) is 29.5 Å². The minimum absolute atomic E-state index is 0.150. The van der Waals surface area contributed by atoms with E-state index in [0.29, 0.717) is 28.5 Å². The van der Waals surface area contributed by atoms with Gasteiger partial charge in [-0.2, -0.15) is 14.6 Å². The SMILES string of the molecule is C#Cc1cnn2c(N[C@@H]3CCc4[nH]c5ccccc5c4C3)nc(-c3cncc(F)c3)nc12. The zero-order valence-electron chi connectivity index (χ0n) is 17.0. The summed E-state index contributed by atoms with van der Waals surface area (Å²) in [5, 5.41) is 9.17. The first kappa shape index (κ1) is 18.5. The Morgan fingerprint density at radius 2 is 2.09 bits per heavy atom. The Hall–Kier alpha value is -4.25. The molecule has 2 N–H and O–H groups in total. The van der Waals surface area contributed by atoms with E-state index in [0.717, 1.165) is 31.0 Å². The third kappa shape index (κ3) is 2.98. The molecule has 4 aromatic heterocycles. The van der Waals surface area contributed by atoms with Gasteiger partial charge in [0.2, 0.25) is 5.95 Å². The molecule has 0 bridgehead atoms. The van der Waals surface area contributed by atoms with Gasteiger partial charge in [0, 0.05) is 34.4 Å². The van der Waals surface area contributed by atoms with Gasteiger partial charge in [-0.15, -0.1) is 6.42 Å². The molecule has 5 aromatic rings. The van der Waals surface area contributed by atoms with Gasteiger partial charge >= 0.3 is 0 Å². The summed E-state index contributed by atoms with van der Waals surface area (Å²) in [6.07, 6.45) is 12.6. The molecule has 0 unspecified atom stereocenters. The van der Waals surface area contributed by atoms with E-state index in [2.05, 4.69) is 54.5 Å². The van der Waals surface area contributed by atoms with Crippen LogP contribution in [0.4, 0.5) is 10.3 Å². The van der Waals surface area contributed by atoms with Gasteiger partial charge in [-0.1, -0.05) is 24.1 Å². The Labute approximate surface area is 182 Å². The lowest BCUT2D eigenvalue weighted by Gasteiger charge is -2.24. The molecule has 8 heteroatoms. The zero-order valence-corrected chi connectivity index (χ0v) is 17.0. The Balaban J connectivity index is 1.41. The maximum absolute atomic E-state index is 13.8. The van der Waals surface area contributed by atoms with Crippen LogP contribution in [-0.2, 0) is 12.8 Å². The molecule has 0 fully saturated rings. The minimum atomic E-state index is -0.453. The molecule has 7 nitrogen and oxygen atoms in total. The molecule has 1 atom stereocenters. The number of fused-ring (bicyclic) bond motifs is 4. The Morgan fingerprint density at radius 3 is 2.97 bits per heavy atom. The van der Waals surface area contributed by atoms with Crippen molar-refractivity contribution in [3.63, 3.8) is 0 Å². The second kappa shape index (κ2) is 7.17. The Morgan fingerprint density at radius 1 is 1.19 bits per heavy atom. The number of anilines is 1. The van der Waals surface area contributed by atoms with Crippen LogP contribution in [0.25, 0.3) is 27.9 Å². The lowest BCUT2D eigenvalue weighted by Crippen LogP contribution is -2.29. The Bertz CT molecular complexity index is 1520. The van der Waals surface area contributed by atoms with Crippen LogP contribution in [-0.4, -0.2) is 35.6 Å². The predicted octanol–water partition coefficient (Wildman–Crippen LogP) is 3.76. The first-order valence-corrected chi connectivity index (χ1v) is 10.4. The van der Waals surface area contributed by atoms with E-state index >= 15 is 0 Å². The topological polar surface area (TPSA) is 83.8 Å². The smallest absolute Gasteiger partial charge is 0.228 e. The second-order valence-electron chi connectivity index (χ2n) is 7.91. The quantitative estimate of drug-likeness (QED) is 0.432. The summed E-state index contributed by atoms with van der Waals surface area (Å²) in [4.78, 5) is 16.7. The number of nitrogens with zero attached hydrogens (tertiary/aromatic N) is 5. The molecule has 1 aliphatic carbocycles. The van der Waals surface area contributed by atoms with Crippen molar-refractivity contribution < 1.29 is 4.39 Å². The highest BCUT2D eigenvalue weighted by Gasteiger charge is 2.24. The monoisotopic (exact) mass is 423 g/mol. The molecule has 1 aliphatic rings. The molecular formula is C24H18FN7. The fourth-order valence-electron chi connectivity index (χ4n) is 4.41. The fourth-order valence-corrected chi connectivity index (χ4v) is 4.41. The highest BCUT2D eigenvalue weighted by Crippen LogP contribution is 2.30. The van der Waals surface area contributed by atoms with E-state index in [1.54, 1.807) is 10.7 Å². The van der Waals surface area contributed by atoms with Crippen molar-refractivity contribution >= 4 is 22.5 Å². The normalized spacial score (nSPS) is 15.6. The lowest BCUT2D eigenvalue weighted by atomic mass is 9.91. The summed E-state index contributed by atoms with van der Waals surface area (Å²) in [6.45, 7) is 0. The molecule has 0 radical (unpaired) electrons. The first-order valence-electron chi connectivity index (χ1n) is 10.4. The number of rotatable bonds is 3. The van der Waals surface area contributed by atoms with Crippen LogP contribution in [0, 0.1) is 18.2 Å². The third-order valence-electron chi connectivity index (χ3n) is 5.92. The zero-order chi connectivity index (χ0) is 21.7. The van der Waals surface area contributed by atoms with Gasteiger partial charge in [0.25, 0.3) is 0 Å². The van der Waals surface area contributed by atoms with Crippen molar-refractivity contribution in [2.45, 2.75) is 25.3 Å². The number of aromatic nitrogens is 6. The molecule has 0 saturated carbocycles. The van der Waals surface area contributed by atoms with Crippen LogP contribution in [0.3, 0.4) is 0 Å². The summed E-state index contributed by atoms with van der Waals surface area (Å²) in [6, 6.07) is 9.86. The number of aromatic amines is 1. The van der Waals surface area contributed by atoms with Gasteiger partial charge < -0.3 is 10.3 Å². The number of para-hydroxylation sites is 1. The van der Waals surface area contributed by atoms with Gasteiger partial charge in [-0.05, 0) is 37.0 Å². The number of pyridine rings is 1. The summed E-state index contributed by atoms with van der Waals surface area (Å²) in [5.74, 6) is 3.01. The lowest BCUT2D eigenvalue weighted by molar-refractivity contribution is 0.599. The molecule has 0 amide bonds. The van der Waals surface area contributed by atoms with Crippen LogP contribution in [0.2, 0.25) is 0 Å². The van der Waals surface area contributed by atoms with Crippen LogP contribution >= 0.6 is 0 Å². The van der Waals surface area contributed by atoms with Crippen molar-refractivity contribution in [2.24, 2.45) is 0 Å². The van der Waals surface area contributed by atoms with E-state index in [1.165, 1.54) is 28.9 Å². The summed E-state index contributed by atoms with van der Waals surface area (Å²) in [7, 11) is 0. The van der Waals surface area contributed by atoms with Crippen molar-refractivity contribution in [3.8, 4) is 23.7 Å². The van der Waals surface area contributed by atoms with Crippen molar-refractivity contribution in [3.05, 3.63) is 71.6 Å². The van der Waals surface area contributed by atoms with Crippen LogP contribution in [0.15, 0.2) is 48.9 Å². The molecule has 32 heavy (non-hydrogen) atoms. The number of hydrogen-bond acceptors (Lipinski definition) is 5. The van der Waals surface area contributed by atoms with E-state index in [1.807, 2.05) is 6.07 Å². The first-order chi connectivity index (χ1) is 15.7. The molecular weight excluding hydrogens is 405 g/mol. The highest BCUT2D eigenvalue weighted by atomic mass is 19.1. The van der Waals surface area contributed by atoms with Gasteiger partial charge in [0.05, 0.1) is 18.0 Å². The molecule has 0 saturated heterocycles. The number of H-pyrrole nitrogens is 1. The van der Waals surface area contributed by atoms with Crippen molar-refractivity contribution in [1.29, 1.82) is 0 Å². The average molecular weight is 423 g/mol. The molecule has 1 aromatic carbocycles. The standard InChI is InChI=1S/C24H18FN7/c1-2-14-12-27-32-23(14)30-22(15-9-16(25)13-26-11-15)31-24(32)28-17-7-8-21-19(10-17)18-5-3-4-6-20(18)29-21/h1,3-6,9,11-13,17,29H,7-8,10H2,(H,28,30,31)/t17-/m1/s1. The number of terminal acetylenes is 1. The summed E-state index contributed by atoms with van der Waals surface area (Å²) in [5.41, 5.74) is 5.29. The van der Waals surface area contributed by atoms with Gasteiger partial charge in [-0.3, -0.25) is 4.98 Å². The maximum atomic E-state index is 13.8. The van der Waals surface area contributed by atoms with Crippen LogP contribution in [0.1, 0.15) is 23.2 Å². The van der Waals surface area contributed by atoms with E-state index in [-0.39, 0.29) is 6.04 Å². The summed E-state index contributed by atoms with van der Waals surface area (Å²) < 4.78 is 15.4. The second-order valence-corrected chi connectivity index (χ2v) is 7.91. The van der Waals surface area contributed by atoms with E-state index < -0.39 is 5.82 Å². The number of halogens is 1. The van der Waals surface area contributed by atoms with Crippen molar-refractivity contribution in [2.75, 3.05) is 5.32 Å². The Kier molecular flexibility index (Phi) is 4.15. The maximum Gasteiger partial charge on any atom is 0.228 e. The predicted molar refractivity (Wildman–Crippen MR) is 120 cm³/mol. The largest absolute Gasteiger partial charge is 0.358 e. The number of aryl methyl sites for hydroxylation is 1. The van der Waals surface area contributed by atoms with Crippen LogP contribution in [0.5, 0.6) is 0 Å². The average Bonchev–Trinajstić information content (AvgIpc) is 3.40. The van der Waals surface area contributed by atoms with E-state index in [4.69, 9.17) is 6.42 Å². The molecule has 6 rings (SSSR count). The number of benzene rings is 1. The van der Waals surface area contributed by atoms with Gasteiger partial charge in [-0.25, -0.2) is 9.37 Å². The molecule has 4 heterocycles. The summed E-state index contributed by atoms with van der Waals surface area (Å²) >= 11 is 0. The molecule has 0 spiro atoms.